The van der Waals surface area contributed by atoms with Crippen molar-refractivity contribution in [3.8, 4) is 11.5 Å². The molecular weight excluding hydrogens is 809 g/mol. The number of amides is 2. The molecule has 2 aliphatic carbocycles. The van der Waals surface area contributed by atoms with E-state index in [1.54, 1.807) is 36.4 Å². The second-order valence-corrected chi connectivity index (χ2v) is 18.2. The Morgan fingerprint density at radius 1 is 0.746 bits per heavy atom. The molecule has 318 valence electrons. The molecule has 22 heteroatoms. The van der Waals surface area contributed by atoms with Crippen molar-refractivity contribution in [2.45, 2.75) is 102 Å². The maximum absolute atomic E-state index is 12.0. The van der Waals surface area contributed by atoms with E-state index in [-0.39, 0.29) is 59.8 Å². The van der Waals surface area contributed by atoms with E-state index in [1.165, 1.54) is 7.05 Å². The molecular formula is C37H48N10O10S2. The highest BCUT2D eigenvalue weighted by Crippen LogP contribution is 2.44. The molecule has 59 heavy (non-hydrogen) atoms. The minimum Gasteiger partial charge on any atom is -0.446 e. The molecule has 4 aromatic rings. The van der Waals surface area contributed by atoms with Gasteiger partial charge >= 0.3 is 32.8 Å². The molecule has 7 N–H and O–H groups in total. The summed E-state index contributed by atoms with van der Waals surface area (Å²) in [5.74, 6) is 2.05. The Morgan fingerprint density at radius 2 is 1.25 bits per heavy atom. The lowest BCUT2D eigenvalue weighted by Gasteiger charge is -2.14. The summed E-state index contributed by atoms with van der Waals surface area (Å²) >= 11 is 0. The third kappa shape index (κ3) is 9.87. The number of hydrogen-bond acceptors (Lipinski definition) is 14. The number of carbonyl (C=O) groups excluding carboxylic acids is 2. The number of hydrogen-bond donors (Lipinski definition) is 7. The van der Waals surface area contributed by atoms with Crippen molar-refractivity contribution in [1.29, 1.82) is 0 Å². The molecule has 4 atom stereocenters. The highest BCUT2D eigenvalue weighted by Gasteiger charge is 2.36. The normalized spacial score (nSPS) is 21.9. The second kappa shape index (κ2) is 16.8. The first kappa shape index (κ1) is 41.3. The SMILES string of the molecule is CC(C)NC(=O)O[C@@H]1CC[C@H](c2cc(Nc3cccc4c3N(C)S(=O)(=O)O4)n[nH]2)C1.CC(C)NC(=O)O[C@@H]1CC[C@H](c2cc(Nc3cccc4c3NS(=O)(=O)O4)n[nH]2)C1. The summed E-state index contributed by atoms with van der Waals surface area (Å²) in [5.41, 5.74) is 3.78. The van der Waals surface area contributed by atoms with Crippen molar-refractivity contribution in [3.63, 3.8) is 0 Å². The van der Waals surface area contributed by atoms with Crippen molar-refractivity contribution in [2.24, 2.45) is 0 Å². The zero-order valence-electron chi connectivity index (χ0n) is 33.1. The van der Waals surface area contributed by atoms with Gasteiger partial charge < -0.3 is 39.1 Å². The van der Waals surface area contributed by atoms with Gasteiger partial charge in [0, 0.05) is 54.5 Å². The third-order valence-corrected chi connectivity index (χ3v) is 12.1. The number of para-hydroxylation sites is 2. The average molecular weight is 857 g/mol. The molecule has 0 unspecified atom stereocenters. The number of nitrogens with zero attached hydrogens (tertiary/aromatic N) is 3. The smallest absolute Gasteiger partial charge is 0.409 e. The van der Waals surface area contributed by atoms with Crippen LogP contribution in [-0.4, -0.2) is 80.8 Å². The molecule has 0 saturated heterocycles. The minimum absolute atomic E-state index is 0.0369. The summed E-state index contributed by atoms with van der Waals surface area (Å²) in [7, 11) is -6.19. The van der Waals surface area contributed by atoms with Crippen LogP contribution in [0.5, 0.6) is 11.5 Å². The van der Waals surface area contributed by atoms with Crippen molar-refractivity contribution >= 4 is 67.2 Å². The van der Waals surface area contributed by atoms with Crippen LogP contribution in [0.2, 0.25) is 0 Å². The number of carbonyl (C=O) groups is 2. The van der Waals surface area contributed by atoms with Crippen LogP contribution in [0.15, 0.2) is 48.5 Å². The summed E-state index contributed by atoms with van der Waals surface area (Å²) in [4.78, 5) is 23.6. The van der Waals surface area contributed by atoms with Gasteiger partial charge in [-0.1, -0.05) is 12.1 Å². The predicted molar refractivity (Wildman–Crippen MR) is 218 cm³/mol. The lowest BCUT2D eigenvalue weighted by atomic mass is 10.0. The van der Waals surface area contributed by atoms with Crippen LogP contribution in [0.3, 0.4) is 0 Å². The average Bonchev–Trinajstić information content (AvgIpc) is 3.99. The Kier molecular flexibility index (Phi) is 11.7. The fourth-order valence-corrected chi connectivity index (χ4v) is 9.13. The number of H-pyrrole nitrogens is 2. The van der Waals surface area contributed by atoms with Gasteiger partial charge in [-0.2, -0.15) is 27.0 Å². The van der Waals surface area contributed by atoms with Crippen LogP contribution in [0.1, 0.15) is 89.4 Å². The Bertz CT molecular complexity index is 2400. The van der Waals surface area contributed by atoms with Gasteiger partial charge in [-0.25, -0.2) is 18.6 Å². The van der Waals surface area contributed by atoms with E-state index in [4.69, 9.17) is 17.8 Å². The monoisotopic (exact) mass is 856 g/mol. The summed E-state index contributed by atoms with van der Waals surface area (Å²) in [6, 6.07) is 13.9. The first-order valence-electron chi connectivity index (χ1n) is 19.3. The van der Waals surface area contributed by atoms with Crippen molar-refractivity contribution < 1.29 is 44.3 Å². The standard InChI is InChI=1S/C19H25N5O5S.C18H23N5O5S/c1-11(2)20-19(25)28-13-8-7-12(9-13)15-10-17(23-22-15)21-14-5-4-6-16-18(14)24(3)30(26,27)29-16;1-10(2)19-18(24)27-12-7-6-11(8-12)14-9-16(22-21-14)20-13-4-3-5-15-17(13)23-29(25,26)28-15/h4-6,10-13H,7-9H2,1-3H3,(H,20,25)(H2,21,22,23);3-5,9-12,23H,6-8H2,1-2H3,(H,19,24)(H2,20,21,22)/t12-,13+;11-,12+/m00/s1. The number of ether oxygens (including phenoxy) is 2. The molecule has 20 nitrogen and oxygen atoms in total. The number of alkyl carbamates (subject to hydrolysis) is 2. The van der Waals surface area contributed by atoms with E-state index >= 15 is 0 Å². The van der Waals surface area contributed by atoms with Crippen LogP contribution >= 0.6 is 0 Å². The van der Waals surface area contributed by atoms with E-state index in [0.717, 1.165) is 54.2 Å². The molecule has 2 saturated carbocycles. The predicted octanol–water partition coefficient (Wildman–Crippen LogP) is 5.97. The second-order valence-electron chi connectivity index (χ2n) is 15.3. The number of fused-ring (bicyclic) bond motifs is 2. The van der Waals surface area contributed by atoms with Gasteiger partial charge in [-0.3, -0.25) is 10.2 Å². The Morgan fingerprint density at radius 3 is 1.80 bits per heavy atom. The number of aromatic nitrogens is 4. The van der Waals surface area contributed by atoms with Crippen LogP contribution in [-0.2, 0) is 30.1 Å². The van der Waals surface area contributed by atoms with Gasteiger partial charge in [0.05, 0.1) is 11.4 Å². The zero-order valence-corrected chi connectivity index (χ0v) is 34.7. The van der Waals surface area contributed by atoms with Gasteiger partial charge in [0.2, 0.25) is 0 Å². The molecule has 2 aliphatic heterocycles. The number of nitrogens with one attached hydrogen (secondary N) is 7. The fraction of sp³-hybridized carbons (Fsp3) is 0.459. The Labute approximate surface area is 342 Å². The van der Waals surface area contributed by atoms with Crippen molar-refractivity contribution in [3.05, 3.63) is 59.9 Å². The van der Waals surface area contributed by atoms with Gasteiger partial charge in [0.15, 0.2) is 23.1 Å². The molecule has 4 aliphatic rings. The molecule has 0 spiro atoms. The number of aromatic amines is 2. The molecule has 4 heterocycles. The first-order chi connectivity index (χ1) is 28.0. The number of benzene rings is 2. The topological polar surface area (TPSA) is 260 Å². The first-order valence-corrected chi connectivity index (χ1v) is 22.0. The highest BCUT2D eigenvalue weighted by atomic mass is 32.2. The quantitative estimate of drug-likeness (QED) is 0.0970. The fourth-order valence-electron chi connectivity index (χ4n) is 7.37. The van der Waals surface area contributed by atoms with Crippen LogP contribution < -0.4 is 38.7 Å². The van der Waals surface area contributed by atoms with Crippen molar-refractivity contribution in [1.82, 2.24) is 31.0 Å². The van der Waals surface area contributed by atoms with Crippen LogP contribution in [0.25, 0.3) is 0 Å². The van der Waals surface area contributed by atoms with E-state index in [2.05, 4.69) is 46.4 Å². The van der Waals surface area contributed by atoms with Crippen LogP contribution in [0.4, 0.5) is 44.0 Å². The summed E-state index contributed by atoms with van der Waals surface area (Å²) in [6.45, 7) is 7.55. The Hall–Kier alpha value is -5.90. The maximum atomic E-state index is 12.0. The summed E-state index contributed by atoms with van der Waals surface area (Å²) in [5, 5.41) is 26.4. The maximum Gasteiger partial charge on any atom is 0.409 e. The van der Waals surface area contributed by atoms with Crippen molar-refractivity contribution in [2.75, 3.05) is 26.7 Å². The van der Waals surface area contributed by atoms with Gasteiger partial charge in [-0.15, -0.1) is 0 Å². The molecule has 2 amide bonds. The van der Waals surface area contributed by atoms with E-state index in [9.17, 15) is 26.4 Å². The molecule has 0 bridgehead atoms. The van der Waals surface area contributed by atoms with Crippen LogP contribution in [0, 0.1) is 0 Å². The van der Waals surface area contributed by atoms with Gasteiger partial charge in [0.1, 0.15) is 23.6 Å². The summed E-state index contributed by atoms with van der Waals surface area (Å²) < 4.78 is 71.5. The van der Waals surface area contributed by atoms with E-state index < -0.39 is 20.6 Å². The lowest BCUT2D eigenvalue weighted by Crippen LogP contribution is -2.33. The number of rotatable bonds is 10. The van der Waals surface area contributed by atoms with Gasteiger partial charge in [0.25, 0.3) is 0 Å². The number of anilines is 6. The molecule has 2 fully saturated rings. The third-order valence-electron chi connectivity index (χ3n) is 10.0. The highest BCUT2D eigenvalue weighted by molar-refractivity contribution is 7.89. The van der Waals surface area contributed by atoms with Gasteiger partial charge in [-0.05, 0) is 90.5 Å². The minimum atomic E-state index is -3.82. The van der Waals surface area contributed by atoms with E-state index in [1.807, 2.05) is 39.8 Å². The van der Waals surface area contributed by atoms with E-state index in [0.29, 0.717) is 34.4 Å². The largest absolute Gasteiger partial charge is 0.446 e. The molecule has 0 radical (unpaired) electrons. The molecule has 2 aromatic heterocycles. The molecule has 2 aromatic carbocycles. The zero-order chi connectivity index (χ0) is 42.1. The molecule has 8 rings (SSSR count). The lowest BCUT2D eigenvalue weighted by molar-refractivity contribution is 0.0972. The summed E-state index contributed by atoms with van der Waals surface area (Å²) in [6.07, 6.45) is 3.79. The Balaban J connectivity index is 0.000000179.